The lowest BCUT2D eigenvalue weighted by atomic mass is 9.46. The van der Waals surface area contributed by atoms with E-state index >= 15 is 0 Å². The summed E-state index contributed by atoms with van der Waals surface area (Å²) in [6.07, 6.45) is 14.5. The number of carbonyl (C=O) groups is 1. The quantitative estimate of drug-likeness (QED) is 0.458. The molecule has 1 nitrogen and oxygen atoms in total. The molecule has 0 aliphatic heterocycles. The zero-order valence-corrected chi connectivity index (χ0v) is 20.2. The van der Waals surface area contributed by atoms with E-state index in [0.717, 1.165) is 53.9 Å². The molecule has 0 bridgehead atoms. The molecule has 164 valence electrons. The van der Waals surface area contributed by atoms with Crippen LogP contribution in [0, 0.1) is 46.3 Å². The number of rotatable bonds is 5. The fourth-order valence-electron chi connectivity index (χ4n) is 9.01. The molecule has 1 heteroatoms. The standard InChI is InChI=1S/C28H46O/c1-18(2)8-7-9-19(3)22-12-13-24-21-10-11-23-20(4)26(29)15-17-28(23,6)25(21)14-16-27(22,24)5/h18-19,21-22,24-25H,7-17H2,1-6H3/t19-,21-,22+,24-,25-,27+,28-/m0/s1. The summed E-state index contributed by atoms with van der Waals surface area (Å²) in [7, 11) is 0. The fraction of sp³-hybridized carbons (Fsp3) is 0.893. The molecular weight excluding hydrogens is 352 g/mol. The van der Waals surface area contributed by atoms with Crippen LogP contribution in [0.1, 0.15) is 112 Å². The predicted molar refractivity (Wildman–Crippen MR) is 123 cm³/mol. The third-order valence-electron chi connectivity index (χ3n) is 10.6. The number of carbonyl (C=O) groups excluding carboxylic acids is 1. The zero-order chi connectivity index (χ0) is 21.0. The lowest BCUT2D eigenvalue weighted by molar-refractivity contribution is -0.118. The summed E-state index contributed by atoms with van der Waals surface area (Å²) in [5, 5.41) is 0. The number of Topliss-reactive ketones (excluding diaryl/α,β-unsaturated/α-hetero) is 1. The van der Waals surface area contributed by atoms with E-state index < -0.39 is 0 Å². The number of hydrogen-bond acceptors (Lipinski definition) is 1. The third-order valence-corrected chi connectivity index (χ3v) is 10.6. The molecule has 0 unspecified atom stereocenters. The van der Waals surface area contributed by atoms with Crippen molar-refractivity contribution in [2.24, 2.45) is 46.3 Å². The average Bonchev–Trinajstić information content (AvgIpc) is 3.02. The lowest BCUT2D eigenvalue weighted by Crippen LogP contribution is -2.51. The Hall–Kier alpha value is -0.590. The molecule has 29 heavy (non-hydrogen) atoms. The maximum atomic E-state index is 12.4. The first kappa shape index (κ1) is 21.6. The molecular formula is C28H46O. The van der Waals surface area contributed by atoms with Gasteiger partial charge in [-0.15, -0.1) is 0 Å². The van der Waals surface area contributed by atoms with Gasteiger partial charge in [-0.1, -0.05) is 59.5 Å². The largest absolute Gasteiger partial charge is 0.295 e. The van der Waals surface area contributed by atoms with Gasteiger partial charge in [0.15, 0.2) is 5.78 Å². The van der Waals surface area contributed by atoms with Crippen LogP contribution in [-0.4, -0.2) is 5.78 Å². The minimum atomic E-state index is 0.323. The van der Waals surface area contributed by atoms with Gasteiger partial charge in [0.2, 0.25) is 0 Å². The topological polar surface area (TPSA) is 17.1 Å². The molecule has 0 heterocycles. The molecule has 0 amide bonds. The highest BCUT2D eigenvalue weighted by molar-refractivity contribution is 5.96. The van der Waals surface area contributed by atoms with Crippen molar-refractivity contribution < 1.29 is 4.79 Å². The summed E-state index contributed by atoms with van der Waals surface area (Å²) in [6, 6.07) is 0. The molecule has 4 aliphatic rings. The van der Waals surface area contributed by atoms with Crippen molar-refractivity contribution in [1.29, 1.82) is 0 Å². The minimum Gasteiger partial charge on any atom is -0.295 e. The van der Waals surface area contributed by atoms with Crippen molar-refractivity contribution in [2.75, 3.05) is 0 Å². The van der Waals surface area contributed by atoms with Crippen LogP contribution in [0.15, 0.2) is 11.1 Å². The van der Waals surface area contributed by atoms with Gasteiger partial charge in [0, 0.05) is 6.42 Å². The van der Waals surface area contributed by atoms with Crippen LogP contribution >= 0.6 is 0 Å². The first-order valence-corrected chi connectivity index (χ1v) is 12.9. The van der Waals surface area contributed by atoms with Crippen LogP contribution < -0.4 is 0 Å². The molecule has 0 aromatic carbocycles. The lowest BCUT2D eigenvalue weighted by Gasteiger charge is -2.59. The number of allylic oxidation sites excluding steroid dienone is 1. The SMILES string of the molecule is CC1=C2CC[C@H]3[C@@H]4CC[C@H]([C@@H](C)CCCC(C)C)[C@@]4(C)CC[C@@H]3[C@@]2(C)CCC1=O. The molecule has 0 spiro atoms. The van der Waals surface area contributed by atoms with Gasteiger partial charge in [-0.25, -0.2) is 0 Å². The van der Waals surface area contributed by atoms with Gasteiger partial charge in [-0.05, 0) is 104 Å². The van der Waals surface area contributed by atoms with Crippen LogP contribution in [0.2, 0.25) is 0 Å². The van der Waals surface area contributed by atoms with E-state index in [1.165, 1.54) is 57.8 Å². The maximum absolute atomic E-state index is 12.4. The van der Waals surface area contributed by atoms with Gasteiger partial charge in [-0.3, -0.25) is 4.79 Å². The summed E-state index contributed by atoms with van der Waals surface area (Å²) in [4.78, 5) is 12.4. The Balaban J connectivity index is 1.52. The minimum absolute atomic E-state index is 0.323. The summed E-state index contributed by atoms with van der Waals surface area (Å²) < 4.78 is 0. The van der Waals surface area contributed by atoms with Gasteiger partial charge in [0.1, 0.15) is 0 Å². The second kappa shape index (κ2) is 7.83. The van der Waals surface area contributed by atoms with E-state index in [1.807, 2.05) is 0 Å². The maximum Gasteiger partial charge on any atom is 0.158 e. The summed E-state index contributed by atoms with van der Waals surface area (Å²) in [5.74, 6) is 5.81. The van der Waals surface area contributed by atoms with E-state index in [-0.39, 0.29) is 0 Å². The number of ketones is 1. The van der Waals surface area contributed by atoms with E-state index in [4.69, 9.17) is 0 Å². The molecule has 0 N–H and O–H groups in total. The summed E-state index contributed by atoms with van der Waals surface area (Å²) >= 11 is 0. The Kier molecular flexibility index (Phi) is 5.84. The Bertz CT molecular complexity index is 672. The number of hydrogen-bond donors (Lipinski definition) is 0. The van der Waals surface area contributed by atoms with Crippen molar-refractivity contribution in [3.8, 4) is 0 Å². The van der Waals surface area contributed by atoms with Gasteiger partial charge < -0.3 is 0 Å². The third kappa shape index (κ3) is 3.47. The van der Waals surface area contributed by atoms with Crippen LogP contribution in [0.25, 0.3) is 0 Å². The van der Waals surface area contributed by atoms with Crippen LogP contribution in [0.3, 0.4) is 0 Å². The molecule has 3 fully saturated rings. The van der Waals surface area contributed by atoms with Crippen LogP contribution in [0.5, 0.6) is 0 Å². The van der Waals surface area contributed by atoms with Gasteiger partial charge in [0.05, 0.1) is 0 Å². The van der Waals surface area contributed by atoms with Gasteiger partial charge >= 0.3 is 0 Å². The Morgan fingerprint density at radius 2 is 1.69 bits per heavy atom. The van der Waals surface area contributed by atoms with E-state index in [1.54, 1.807) is 5.57 Å². The predicted octanol–water partition coefficient (Wildman–Crippen LogP) is 7.99. The van der Waals surface area contributed by atoms with Crippen molar-refractivity contribution in [3.63, 3.8) is 0 Å². The van der Waals surface area contributed by atoms with Crippen molar-refractivity contribution in [2.45, 2.75) is 112 Å². The summed E-state index contributed by atoms with van der Waals surface area (Å²) in [6.45, 7) is 14.7. The Morgan fingerprint density at radius 3 is 2.41 bits per heavy atom. The molecule has 4 rings (SSSR count). The van der Waals surface area contributed by atoms with Gasteiger partial charge in [0.25, 0.3) is 0 Å². The second-order valence-corrected chi connectivity index (χ2v) is 12.4. The molecule has 7 atom stereocenters. The molecule has 3 saturated carbocycles. The average molecular weight is 399 g/mol. The highest BCUT2D eigenvalue weighted by Gasteiger charge is 2.59. The first-order chi connectivity index (χ1) is 13.7. The molecule has 4 aliphatic carbocycles. The zero-order valence-electron chi connectivity index (χ0n) is 20.2. The highest BCUT2D eigenvalue weighted by atomic mass is 16.1. The van der Waals surface area contributed by atoms with E-state index in [9.17, 15) is 4.79 Å². The molecule has 0 radical (unpaired) electrons. The Morgan fingerprint density at radius 1 is 0.931 bits per heavy atom. The normalized spacial score (nSPS) is 43.2. The molecule has 0 aromatic heterocycles. The summed E-state index contributed by atoms with van der Waals surface area (Å²) in [5.41, 5.74) is 3.61. The highest BCUT2D eigenvalue weighted by Crippen LogP contribution is 2.68. The van der Waals surface area contributed by atoms with E-state index in [2.05, 4.69) is 41.5 Å². The molecule has 0 aromatic rings. The van der Waals surface area contributed by atoms with Gasteiger partial charge in [-0.2, -0.15) is 0 Å². The van der Waals surface area contributed by atoms with Crippen molar-refractivity contribution >= 4 is 5.78 Å². The molecule has 0 saturated heterocycles. The number of fused-ring (bicyclic) bond motifs is 5. The fourth-order valence-corrected chi connectivity index (χ4v) is 9.01. The monoisotopic (exact) mass is 398 g/mol. The van der Waals surface area contributed by atoms with Crippen molar-refractivity contribution in [3.05, 3.63) is 11.1 Å². The first-order valence-electron chi connectivity index (χ1n) is 12.9. The second-order valence-electron chi connectivity index (χ2n) is 12.4. The van der Waals surface area contributed by atoms with Crippen molar-refractivity contribution in [1.82, 2.24) is 0 Å². The van der Waals surface area contributed by atoms with Crippen LogP contribution in [0.4, 0.5) is 0 Å². The van der Waals surface area contributed by atoms with E-state index in [0.29, 0.717) is 16.6 Å². The Labute approximate surface area is 180 Å². The van der Waals surface area contributed by atoms with Crippen LogP contribution in [-0.2, 0) is 4.79 Å². The smallest absolute Gasteiger partial charge is 0.158 e.